The van der Waals surface area contributed by atoms with Crippen LogP contribution in [-0.4, -0.2) is 41.1 Å². The molecule has 3 rings (SSSR count). The average molecular weight is 477 g/mol. The van der Waals surface area contributed by atoms with Crippen molar-refractivity contribution in [3.05, 3.63) is 53.6 Å². The van der Waals surface area contributed by atoms with Crippen molar-refractivity contribution >= 4 is 33.2 Å². The van der Waals surface area contributed by atoms with Gasteiger partial charge in [-0.2, -0.15) is 4.80 Å². The molecule has 2 aromatic carbocycles. The Bertz CT molecular complexity index is 1160. The summed E-state index contributed by atoms with van der Waals surface area (Å²) >= 11 is 5.91. The lowest BCUT2D eigenvalue weighted by atomic mass is 10.2. The van der Waals surface area contributed by atoms with Crippen LogP contribution in [0.1, 0.15) is 39.2 Å². The maximum atomic E-state index is 12.9. The van der Waals surface area contributed by atoms with Gasteiger partial charge in [0, 0.05) is 22.8 Å². The summed E-state index contributed by atoms with van der Waals surface area (Å²) in [6, 6.07) is 12.4. The highest BCUT2D eigenvalue weighted by Gasteiger charge is 2.23. The van der Waals surface area contributed by atoms with Crippen molar-refractivity contribution in [2.24, 2.45) is 0 Å². The number of carbonyl (C=O) groups excluding carboxylic acids is 1. The zero-order valence-corrected chi connectivity index (χ0v) is 19.4. The minimum Gasteiger partial charge on any atom is -0.324 e. The number of carbonyl (C=O) groups is 1. The fraction of sp³-hybridized carbons (Fsp3) is 0.333. The Hall–Kier alpha value is -2.82. The number of benzene rings is 2. The molecule has 0 fully saturated rings. The summed E-state index contributed by atoms with van der Waals surface area (Å²) in [6.45, 7) is 4.17. The highest BCUT2D eigenvalue weighted by molar-refractivity contribution is 7.89. The number of aromatic nitrogens is 4. The number of rotatable bonds is 10. The molecule has 1 aromatic heterocycles. The first-order valence-electron chi connectivity index (χ1n) is 10.3. The zero-order chi connectivity index (χ0) is 23.1. The SMILES string of the molecule is CCCCNS(=O)(=O)c1cccc(NC(=O)C(CC)n2nnc(-c3ccc(Cl)cc3)n2)c1. The van der Waals surface area contributed by atoms with Gasteiger partial charge in [0.1, 0.15) is 0 Å². The molecular formula is C21H25ClN6O3S. The molecule has 0 aliphatic heterocycles. The van der Waals surface area contributed by atoms with E-state index in [1.807, 2.05) is 13.8 Å². The molecule has 1 amide bonds. The van der Waals surface area contributed by atoms with Gasteiger partial charge < -0.3 is 5.32 Å². The summed E-state index contributed by atoms with van der Waals surface area (Å²) in [5, 5.41) is 15.7. The fourth-order valence-corrected chi connectivity index (χ4v) is 4.20. The number of hydrogen-bond donors (Lipinski definition) is 2. The number of nitrogens with one attached hydrogen (secondary N) is 2. The predicted octanol–water partition coefficient (Wildman–Crippen LogP) is 3.66. The largest absolute Gasteiger partial charge is 0.324 e. The number of amides is 1. The number of hydrogen-bond acceptors (Lipinski definition) is 6. The molecule has 2 N–H and O–H groups in total. The van der Waals surface area contributed by atoms with Crippen LogP contribution in [0.4, 0.5) is 5.69 Å². The van der Waals surface area contributed by atoms with Crippen LogP contribution in [0.25, 0.3) is 11.4 Å². The van der Waals surface area contributed by atoms with Crippen molar-refractivity contribution in [2.75, 3.05) is 11.9 Å². The smallest absolute Gasteiger partial charge is 0.251 e. The minimum atomic E-state index is -3.65. The van der Waals surface area contributed by atoms with Crippen LogP contribution in [0, 0.1) is 0 Å². The Labute approximate surface area is 192 Å². The molecule has 32 heavy (non-hydrogen) atoms. The molecule has 0 saturated heterocycles. The fourth-order valence-electron chi connectivity index (χ4n) is 2.96. The van der Waals surface area contributed by atoms with Gasteiger partial charge in [-0.05, 0) is 60.5 Å². The van der Waals surface area contributed by atoms with Gasteiger partial charge in [0.25, 0.3) is 5.91 Å². The van der Waals surface area contributed by atoms with Crippen LogP contribution in [0.2, 0.25) is 5.02 Å². The summed E-state index contributed by atoms with van der Waals surface area (Å²) in [6.07, 6.45) is 2.04. The molecule has 1 unspecified atom stereocenters. The summed E-state index contributed by atoms with van der Waals surface area (Å²) < 4.78 is 27.5. The van der Waals surface area contributed by atoms with Crippen molar-refractivity contribution in [2.45, 2.75) is 44.0 Å². The molecule has 11 heteroatoms. The second-order valence-corrected chi connectivity index (χ2v) is 9.34. The Kier molecular flexibility index (Phi) is 7.94. The average Bonchev–Trinajstić information content (AvgIpc) is 3.25. The summed E-state index contributed by atoms with van der Waals surface area (Å²) in [5.74, 6) is 0.000192. The molecule has 0 aliphatic carbocycles. The molecule has 3 aromatic rings. The molecule has 0 radical (unpaired) electrons. The van der Waals surface area contributed by atoms with E-state index in [2.05, 4.69) is 25.4 Å². The maximum absolute atomic E-state index is 12.9. The Morgan fingerprint density at radius 1 is 1.16 bits per heavy atom. The van der Waals surface area contributed by atoms with Gasteiger partial charge in [-0.3, -0.25) is 4.79 Å². The van der Waals surface area contributed by atoms with E-state index in [-0.39, 0.29) is 10.8 Å². The molecule has 9 nitrogen and oxygen atoms in total. The van der Waals surface area contributed by atoms with Gasteiger partial charge >= 0.3 is 0 Å². The monoisotopic (exact) mass is 476 g/mol. The highest BCUT2D eigenvalue weighted by atomic mass is 35.5. The molecule has 0 aliphatic rings. The predicted molar refractivity (Wildman–Crippen MR) is 123 cm³/mol. The minimum absolute atomic E-state index is 0.0864. The van der Waals surface area contributed by atoms with Crippen LogP contribution in [-0.2, 0) is 14.8 Å². The normalized spacial score (nSPS) is 12.5. The summed E-state index contributed by atoms with van der Waals surface area (Å²) in [4.78, 5) is 14.2. The third-order valence-electron chi connectivity index (χ3n) is 4.73. The van der Waals surface area contributed by atoms with Crippen molar-refractivity contribution in [1.82, 2.24) is 24.9 Å². The van der Waals surface area contributed by atoms with E-state index in [4.69, 9.17) is 11.6 Å². The lowest BCUT2D eigenvalue weighted by Gasteiger charge is -2.14. The second kappa shape index (κ2) is 10.7. The van der Waals surface area contributed by atoms with Gasteiger partial charge in [0.05, 0.1) is 4.90 Å². The van der Waals surface area contributed by atoms with E-state index in [0.29, 0.717) is 29.5 Å². The van der Waals surface area contributed by atoms with Gasteiger partial charge in [0.15, 0.2) is 6.04 Å². The van der Waals surface area contributed by atoms with Crippen LogP contribution in [0.15, 0.2) is 53.4 Å². The third kappa shape index (κ3) is 5.90. The highest BCUT2D eigenvalue weighted by Crippen LogP contribution is 2.20. The van der Waals surface area contributed by atoms with Crippen LogP contribution >= 0.6 is 11.6 Å². The standard InChI is InChI=1S/C21H25ClN6O3S/c1-3-5-13-23-32(30,31)18-8-6-7-17(14-18)24-21(29)19(4-2)28-26-20(25-27-28)15-9-11-16(22)12-10-15/h6-12,14,19,23H,3-5,13H2,1-2H3,(H,24,29). The number of halogens is 1. The van der Waals surface area contributed by atoms with Gasteiger partial charge in [0.2, 0.25) is 15.8 Å². The molecule has 170 valence electrons. The van der Waals surface area contributed by atoms with Crippen LogP contribution in [0.3, 0.4) is 0 Å². The zero-order valence-electron chi connectivity index (χ0n) is 17.8. The number of nitrogens with zero attached hydrogens (tertiary/aromatic N) is 4. The molecule has 0 bridgehead atoms. The molecule has 1 atom stereocenters. The van der Waals surface area contributed by atoms with E-state index in [0.717, 1.165) is 18.4 Å². The molecule has 0 spiro atoms. The van der Waals surface area contributed by atoms with Crippen molar-refractivity contribution in [1.29, 1.82) is 0 Å². The lowest BCUT2D eigenvalue weighted by Crippen LogP contribution is -2.28. The summed E-state index contributed by atoms with van der Waals surface area (Å²) in [5.41, 5.74) is 1.09. The van der Waals surface area contributed by atoms with E-state index in [1.54, 1.807) is 36.4 Å². The first-order valence-corrected chi connectivity index (χ1v) is 12.2. The Balaban J connectivity index is 1.74. The first-order chi connectivity index (χ1) is 15.3. The van der Waals surface area contributed by atoms with E-state index in [1.165, 1.54) is 16.9 Å². The van der Waals surface area contributed by atoms with Crippen molar-refractivity contribution in [3.8, 4) is 11.4 Å². The Morgan fingerprint density at radius 3 is 2.59 bits per heavy atom. The molecule has 0 saturated carbocycles. The van der Waals surface area contributed by atoms with Crippen molar-refractivity contribution < 1.29 is 13.2 Å². The van der Waals surface area contributed by atoms with E-state index < -0.39 is 16.1 Å². The van der Waals surface area contributed by atoms with Gasteiger partial charge in [-0.25, -0.2) is 13.1 Å². The van der Waals surface area contributed by atoms with Crippen molar-refractivity contribution in [3.63, 3.8) is 0 Å². The topological polar surface area (TPSA) is 119 Å². The number of tetrazole rings is 1. The first kappa shape index (κ1) is 23.8. The molecular weight excluding hydrogens is 452 g/mol. The Morgan fingerprint density at radius 2 is 1.91 bits per heavy atom. The third-order valence-corrected chi connectivity index (χ3v) is 6.44. The van der Waals surface area contributed by atoms with Crippen LogP contribution < -0.4 is 10.0 Å². The van der Waals surface area contributed by atoms with Crippen LogP contribution in [0.5, 0.6) is 0 Å². The number of anilines is 1. The summed E-state index contributed by atoms with van der Waals surface area (Å²) in [7, 11) is -3.65. The van der Waals surface area contributed by atoms with Gasteiger partial charge in [-0.1, -0.05) is 37.9 Å². The maximum Gasteiger partial charge on any atom is 0.251 e. The quantitative estimate of drug-likeness (QED) is 0.431. The second-order valence-electron chi connectivity index (χ2n) is 7.13. The molecule has 1 heterocycles. The number of sulfonamides is 1. The lowest BCUT2D eigenvalue weighted by molar-refractivity contribution is -0.120. The van der Waals surface area contributed by atoms with E-state index >= 15 is 0 Å². The van der Waals surface area contributed by atoms with Gasteiger partial charge in [-0.15, -0.1) is 10.2 Å². The van der Waals surface area contributed by atoms with E-state index in [9.17, 15) is 13.2 Å². The number of unbranched alkanes of at least 4 members (excludes halogenated alkanes) is 1.